The summed E-state index contributed by atoms with van der Waals surface area (Å²) in [4.78, 5) is 40.1. The van der Waals surface area contributed by atoms with Gasteiger partial charge in [-0.1, -0.05) is 6.07 Å². The summed E-state index contributed by atoms with van der Waals surface area (Å²) in [5.74, 6) is -0.389. The van der Waals surface area contributed by atoms with Gasteiger partial charge in [-0.05, 0) is 6.07 Å². The van der Waals surface area contributed by atoms with Gasteiger partial charge in [0.2, 0.25) is 11.8 Å². The number of ether oxygens (including phenoxy) is 2. The molecule has 0 radical (unpaired) electrons. The number of carbonyl (C=O) groups excluding carboxylic acids is 3. The largest absolute Gasteiger partial charge is 0.472 e. The van der Waals surface area contributed by atoms with E-state index in [2.05, 4.69) is 15.6 Å². The number of urea groups is 1. The molecule has 3 rings (SSSR count). The Labute approximate surface area is 138 Å². The van der Waals surface area contributed by atoms with Crippen molar-refractivity contribution >= 4 is 17.8 Å². The van der Waals surface area contributed by atoms with E-state index in [1.165, 1.54) is 0 Å². The standard InChI is InChI=1S/C15H18N4O5/c20-12(8-19-14(21)7-17-15(19)22)18-10-9-23-6-4-11(10)24-13-3-1-2-5-16-13/h1-3,5,10-11H,4,6-9H2,(H,17,22)(H,18,20)/t10-,11-/m1/s1. The third kappa shape index (κ3) is 3.80. The Balaban J connectivity index is 1.58. The highest BCUT2D eigenvalue weighted by Gasteiger charge is 2.33. The molecule has 1 aromatic rings. The molecule has 0 saturated carbocycles. The summed E-state index contributed by atoms with van der Waals surface area (Å²) in [7, 11) is 0. The zero-order valence-electron chi connectivity index (χ0n) is 12.9. The Bertz CT molecular complexity index is 608. The van der Waals surface area contributed by atoms with Crippen molar-refractivity contribution in [3.05, 3.63) is 24.4 Å². The molecule has 24 heavy (non-hydrogen) atoms. The zero-order valence-corrected chi connectivity index (χ0v) is 12.9. The highest BCUT2D eigenvalue weighted by Crippen LogP contribution is 2.16. The molecule has 0 unspecified atom stereocenters. The third-order valence-corrected chi connectivity index (χ3v) is 3.79. The number of hydrogen-bond acceptors (Lipinski definition) is 6. The average Bonchev–Trinajstić information content (AvgIpc) is 2.89. The van der Waals surface area contributed by atoms with Gasteiger partial charge in [-0.3, -0.25) is 14.5 Å². The van der Waals surface area contributed by atoms with E-state index in [0.29, 0.717) is 25.5 Å². The van der Waals surface area contributed by atoms with Crippen LogP contribution in [0.1, 0.15) is 6.42 Å². The van der Waals surface area contributed by atoms with Crippen molar-refractivity contribution in [1.82, 2.24) is 20.5 Å². The zero-order chi connectivity index (χ0) is 16.9. The Kier molecular flexibility index (Phi) is 4.90. The van der Waals surface area contributed by atoms with Crippen LogP contribution >= 0.6 is 0 Å². The van der Waals surface area contributed by atoms with E-state index >= 15 is 0 Å². The summed E-state index contributed by atoms with van der Waals surface area (Å²) >= 11 is 0. The molecular formula is C15H18N4O5. The van der Waals surface area contributed by atoms with Crippen molar-refractivity contribution in [2.75, 3.05) is 26.3 Å². The predicted octanol–water partition coefficient (Wildman–Crippen LogP) is -0.714. The van der Waals surface area contributed by atoms with E-state index < -0.39 is 17.8 Å². The molecule has 2 saturated heterocycles. The van der Waals surface area contributed by atoms with Crippen LogP contribution in [0.4, 0.5) is 4.79 Å². The lowest BCUT2D eigenvalue weighted by molar-refractivity contribution is -0.132. The van der Waals surface area contributed by atoms with Crippen LogP contribution in [0.2, 0.25) is 0 Å². The van der Waals surface area contributed by atoms with Crippen LogP contribution in [0.25, 0.3) is 0 Å². The van der Waals surface area contributed by atoms with Crippen LogP contribution in [0.15, 0.2) is 24.4 Å². The van der Waals surface area contributed by atoms with Crippen LogP contribution in [-0.4, -0.2) is 66.2 Å². The van der Waals surface area contributed by atoms with Crippen LogP contribution in [0.5, 0.6) is 5.88 Å². The quantitative estimate of drug-likeness (QED) is 0.688. The van der Waals surface area contributed by atoms with Crippen molar-refractivity contribution in [2.45, 2.75) is 18.6 Å². The van der Waals surface area contributed by atoms with Gasteiger partial charge in [-0.2, -0.15) is 0 Å². The average molecular weight is 334 g/mol. The number of nitrogens with zero attached hydrogens (tertiary/aromatic N) is 2. The summed E-state index contributed by atoms with van der Waals surface area (Å²) in [6.07, 6.45) is 1.94. The van der Waals surface area contributed by atoms with Crippen molar-refractivity contribution in [2.24, 2.45) is 0 Å². The third-order valence-electron chi connectivity index (χ3n) is 3.79. The van der Waals surface area contributed by atoms with Gasteiger partial charge in [-0.15, -0.1) is 0 Å². The number of amides is 4. The van der Waals surface area contributed by atoms with E-state index in [-0.39, 0.29) is 25.2 Å². The van der Waals surface area contributed by atoms with Gasteiger partial charge in [0.25, 0.3) is 5.91 Å². The molecule has 2 atom stereocenters. The number of hydrogen-bond donors (Lipinski definition) is 2. The van der Waals surface area contributed by atoms with Crippen LogP contribution in [0, 0.1) is 0 Å². The number of carbonyl (C=O) groups is 3. The topological polar surface area (TPSA) is 110 Å². The molecule has 9 nitrogen and oxygen atoms in total. The normalized spacial score (nSPS) is 23.8. The van der Waals surface area contributed by atoms with E-state index in [1.807, 2.05) is 6.07 Å². The summed E-state index contributed by atoms with van der Waals surface area (Å²) in [5, 5.41) is 5.14. The second-order valence-electron chi connectivity index (χ2n) is 5.50. The molecule has 0 aromatic carbocycles. The van der Waals surface area contributed by atoms with E-state index in [0.717, 1.165) is 4.90 Å². The molecule has 1 aromatic heterocycles. The molecule has 0 spiro atoms. The fourth-order valence-corrected chi connectivity index (χ4v) is 2.58. The number of rotatable bonds is 5. The van der Waals surface area contributed by atoms with Gasteiger partial charge in [0.05, 0.1) is 25.8 Å². The lowest BCUT2D eigenvalue weighted by Crippen LogP contribution is -2.54. The molecule has 2 aliphatic heterocycles. The fraction of sp³-hybridized carbons (Fsp3) is 0.467. The fourth-order valence-electron chi connectivity index (χ4n) is 2.58. The maximum absolute atomic E-state index is 12.1. The van der Waals surface area contributed by atoms with E-state index in [4.69, 9.17) is 9.47 Å². The van der Waals surface area contributed by atoms with E-state index in [1.54, 1.807) is 18.3 Å². The van der Waals surface area contributed by atoms with E-state index in [9.17, 15) is 14.4 Å². The molecule has 0 bridgehead atoms. The molecule has 9 heteroatoms. The van der Waals surface area contributed by atoms with Crippen LogP contribution in [-0.2, 0) is 14.3 Å². The molecular weight excluding hydrogens is 316 g/mol. The SMILES string of the molecule is O=C(CN1C(=O)CNC1=O)N[C@@H]1COCC[C@H]1Oc1ccccn1. The lowest BCUT2D eigenvalue weighted by Gasteiger charge is -2.32. The first-order valence-corrected chi connectivity index (χ1v) is 7.66. The molecule has 2 fully saturated rings. The van der Waals surface area contributed by atoms with Gasteiger partial charge < -0.3 is 20.1 Å². The molecule has 4 amide bonds. The minimum Gasteiger partial charge on any atom is -0.472 e. The minimum absolute atomic E-state index is 0.0793. The van der Waals surface area contributed by atoms with Gasteiger partial charge >= 0.3 is 6.03 Å². The van der Waals surface area contributed by atoms with Gasteiger partial charge in [-0.25, -0.2) is 9.78 Å². The molecule has 3 heterocycles. The first-order valence-electron chi connectivity index (χ1n) is 7.66. The molecule has 128 valence electrons. The summed E-state index contributed by atoms with van der Waals surface area (Å²) < 4.78 is 11.2. The summed E-state index contributed by atoms with van der Waals surface area (Å²) in [6, 6.07) is 4.40. The van der Waals surface area contributed by atoms with Crippen molar-refractivity contribution in [3.8, 4) is 5.88 Å². The Morgan fingerprint density at radius 3 is 3.04 bits per heavy atom. The Hall–Kier alpha value is -2.68. The van der Waals surface area contributed by atoms with Crippen LogP contribution in [0.3, 0.4) is 0 Å². The number of aromatic nitrogens is 1. The second kappa shape index (κ2) is 7.26. The first kappa shape index (κ1) is 16.2. The number of pyridine rings is 1. The smallest absolute Gasteiger partial charge is 0.325 e. The monoisotopic (exact) mass is 334 g/mol. The Morgan fingerprint density at radius 2 is 2.33 bits per heavy atom. The maximum atomic E-state index is 12.1. The van der Waals surface area contributed by atoms with Crippen molar-refractivity contribution < 1.29 is 23.9 Å². The second-order valence-corrected chi connectivity index (χ2v) is 5.50. The maximum Gasteiger partial charge on any atom is 0.325 e. The highest BCUT2D eigenvalue weighted by molar-refractivity contribution is 6.04. The van der Waals surface area contributed by atoms with Crippen LogP contribution < -0.4 is 15.4 Å². The lowest BCUT2D eigenvalue weighted by atomic mass is 10.1. The first-order chi connectivity index (χ1) is 11.6. The molecule has 2 aliphatic rings. The summed E-state index contributed by atoms with van der Waals surface area (Å²) in [6.45, 7) is 0.418. The number of imide groups is 1. The van der Waals surface area contributed by atoms with Gasteiger partial charge in [0.15, 0.2) is 0 Å². The van der Waals surface area contributed by atoms with Crippen molar-refractivity contribution in [3.63, 3.8) is 0 Å². The van der Waals surface area contributed by atoms with Crippen molar-refractivity contribution in [1.29, 1.82) is 0 Å². The summed E-state index contributed by atoms with van der Waals surface area (Å²) in [5.41, 5.74) is 0. The predicted molar refractivity (Wildman–Crippen MR) is 81.1 cm³/mol. The molecule has 0 aliphatic carbocycles. The van der Waals surface area contributed by atoms with Gasteiger partial charge in [0, 0.05) is 18.7 Å². The minimum atomic E-state index is -0.559. The number of nitrogens with one attached hydrogen (secondary N) is 2. The molecule has 2 N–H and O–H groups in total. The highest BCUT2D eigenvalue weighted by atomic mass is 16.5. The van der Waals surface area contributed by atoms with Gasteiger partial charge in [0.1, 0.15) is 12.6 Å². The Morgan fingerprint density at radius 1 is 1.46 bits per heavy atom.